The summed E-state index contributed by atoms with van der Waals surface area (Å²) >= 11 is 1.62. The van der Waals surface area contributed by atoms with Crippen molar-refractivity contribution in [2.24, 2.45) is 0 Å². The highest BCUT2D eigenvalue weighted by Gasteiger charge is 2.05. The lowest BCUT2D eigenvalue weighted by Gasteiger charge is -2.06. The first-order valence-corrected chi connectivity index (χ1v) is 8.42. The minimum absolute atomic E-state index is 0.0183. The summed E-state index contributed by atoms with van der Waals surface area (Å²) in [5.41, 5.74) is 2.73. The first-order valence-electron chi connectivity index (χ1n) is 7.54. The number of amides is 1. The molecular formula is C17H20N2O3S. The zero-order chi connectivity index (χ0) is 16.7. The van der Waals surface area contributed by atoms with Gasteiger partial charge < -0.3 is 10.4 Å². The van der Waals surface area contributed by atoms with Crippen LogP contribution >= 0.6 is 11.3 Å². The van der Waals surface area contributed by atoms with E-state index < -0.39 is 5.97 Å². The largest absolute Gasteiger partial charge is 0.481 e. The number of hydrogen-bond acceptors (Lipinski definition) is 4. The molecule has 0 saturated carbocycles. The Morgan fingerprint density at radius 1 is 1.17 bits per heavy atom. The van der Waals surface area contributed by atoms with Gasteiger partial charge in [-0.1, -0.05) is 12.1 Å². The fourth-order valence-corrected chi connectivity index (χ4v) is 2.83. The molecular weight excluding hydrogens is 312 g/mol. The maximum atomic E-state index is 11.9. The molecule has 23 heavy (non-hydrogen) atoms. The molecule has 1 aromatic heterocycles. The molecule has 0 bridgehead atoms. The highest BCUT2D eigenvalue weighted by Crippen LogP contribution is 2.13. The number of anilines is 1. The molecule has 1 heterocycles. The van der Waals surface area contributed by atoms with Crippen molar-refractivity contribution >= 4 is 28.9 Å². The van der Waals surface area contributed by atoms with E-state index in [4.69, 9.17) is 5.11 Å². The number of carbonyl (C=O) groups is 2. The van der Waals surface area contributed by atoms with Crippen LogP contribution < -0.4 is 5.32 Å². The molecule has 0 aliphatic carbocycles. The lowest BCUT2D eigenvalue weighted by atomic mass is 10.1. The molecule has 0 aliphatic heterocycles. The average molecular weight is 332 g/mol. The summed E-state index contributed by atoms with van der Waals surface area (Å²) in [5, 5.41) is 14.6. The summed E-state index contributed by atoms with van der Waals surface area (Å²) in [4.78, 5) is 26.8. The van der Waals surface area contributed by atoms with Gasteiger partial charge >= 0.3 is 5.97 Å². The van der Waals surface area contributed by atoms with Crippen LogP contribution in [0.4, 0.5) is 5.69 Å². The number of carboxylic acids is 1. The normalized spacial score (nSPS) is 10.5. The minimum atomic E-state index is -0.808. The van der Waals surface area contributed by atoms with E-state index in [1.165, 1.54) is 0 Å². The Hall–Kier alpha value is -2.21. The Morgan fingerprint density at radius 2 is 1.91 bits per heavy atom. The quantitative estimate of drug-likeness (QED) is 0.776. The number of nitrogens with zero attached hydrogens (tertiary/aromatic N) is 1. The van der Waals surface area contributed by atoms with E-state index in [2.05, 4.69) is 10.3 Å². The standard InChI is InChI=1S/C17H20N2O3S/c1-12-18-15(11-23-12)3-2-4-16(20)19-14-8-5-13(6-9-14)7-10-17(21)22/h5-6,8-9,11H,2-4,7,10H2,1H3,(H,19,20)(H,21,22). The van der Waals surface area contributed by atoms with Crippen LogP contribution in [0.5, 0.6) is 0 Å². The van der Waals surface area contributed by atoms with Crippen molar-refractivity contribution in [3.05, 3.63) is 45.9 Å². The second kappa shape index (κ2) is 8.43. The number of carboxylic acid groups (broad SMARTS) is 1. The number of rotatable bonds is 8. The fourth-order valence-electron chi connectivity index (χ4n) is 2.18. The Labute approximate surface area is 139 Å². The molecule has 2 aromatic rings. The lowest BCUT2D eigenvalue weighted by molar-refractivity contribution is -0.137. The van der Waals surface area contributed by atoms with Crippen LogP contribution in [0.25, 0.3) is 0 Å². The minimum Gasteiger partial charge on any atom is -0.481 e. The molecule has 5 nitrogen and oxygen atoms in total. The predicted octanol–water partition coefficient (Wildman–Crippen LogP) is 3.43. The van der Waals surface area contributed by atoms with Gasteiger partial charge in [0.2, 0.25) is 5.91 Å². The van der Waals surface area contributed by atoms with Gasteiger partial charge in [-0.3, -0.25) is 9.59 Å². The Morgan fingerprint density at radius 3 is 2.52 bits per heavy atom. The maximum absolute atomic E-state index is 11.9. The summed E-state index contributed by atoms with van der Waals surface area (Å²) in [6.45, 7) is 1.97. The topological polar surface area (TPSA) is 79.3 Å². The van der Waals surface area contributed by atoms with Crippen molar-refractivity contribution < 1.29 is 14.7 Å². The molecule has 0 fully saturated rings. The van der Waals surface area contributed by atoms with E-state index in [1.54, 1.807) is 23.5 Å². The highest BCUT2D eigenvalue weighted by atomic mass is 32.1. The van der Waals surface area contributed by atoms with E-state index in [-0.39, 0.29) is 12.3 Å². The lowest BCUT2D eigenvalue weighted by Crippen LogP contribution is -2.11. The molecule has 1 aromatic carbocycles. The number of carbonyl (C=O) groups excluding carboxylic acids is 1. The second-order valence-corrected chi connectivity index (χ2v) is 6.41. The SMILES string of the molecule is Cc1nc(CCCC(=O)Nc2ccc(CCC(=O)O)cc2)cs1. The number of aliphatic carboxylic acids is 1. The highest BCUT2D eigenvalue weighted by molar-refractivity contribution is 7.09. The molecule has 2 rings (SSSR count). The van der Waals surface area contributed by atoms with Crippen molar-refractivity contribution in [2.45, 2.75) is 39.0 Å². The van der Waals surface area contributed by atoms with Gasteiger partial charge in [0.1, 0.15) is 0 Å². The van der Waals surface area contributed by atoms with Crippen molar-refractivity contribution in [3.63, 3.8) is 0 Å². The molecule has 0 radical (unpaired) electrons. The van der Waals surface area contributed by atoms with Crippen molar-refractivity contribution in [1.29, 1.82) is 0 Å². The smallest absolute Gasteiger partial charge is 0.303 e. The van der Waals surface area contributed by atoms with Crippen LogP contribution in [0.15, 0.2) is 29.6 Å². The molecule has 0 spiro atoms. The first kappa shape index (κ1) is 17.1. The van der Waals surface area contributed by atoms with Gasteiger partial charge in [0.15, 0.2) is 0 Å². The van der Waals surface area contributed by atoms with Crippen LogP contribution in [-0.2, 0) is 22.4 Å². The summed E-state index contributed by atoms with van der Waals surface area (Å²) in [7, 11) is 0. The number of aromatic nitrogens is 1. The predicted molar refractivity (Wildman–Crippen MR) is 90.8 cm³/mol. The van der Waals surface area contributed by atoms with Gasteiger partial charge in [0, 0.05) is 23.9 Å². The Bertz CT molecular complexity index is 665. The van der Waals surface area contributed by atoms with E-state index >= 15 is 0 Å². The molecule has 1 amide bonds. The third-order valence-electron chi connectivity index (χ3n) is 3.37. The van der Waals surface area contributed by atoms with Gasteiger partial charge in [-0.25, -0.2) is 4.98 Å². The third kappa shape index (κ3) is 6.20. The van der Waals surface area contributed by atoms with Crippen LogP contribution in [0, 0.1) is 6.92 Å². The van der Waals surface area contributed by atoms with Crippen LogP contribution in [0.3, 0.4) is 0 Å². The molecule has 0 aliphatic rings. The van der Waals surface area contributed by atoms with Gasteiger partial charge in [-0.2, -0.15) is 0 Å². The summed E-state index contributed by atoms with van der Waals surface area (Å²) in [6.07, 6.45) is 2.65. The molecule has 0 atom stereocenters. The second-order valence-electron chi connectivity index (χ2n) is 5.35. The molecule has 2 N–H and O–H groups in total. The molecule has 0 unspecified atom stereocenters. The molecule has 122 valence electrons. The Kier molecular flexibility index (Phi) is 6.29. The summed E-state index contributed by atoms with van der Waals surface area (Å²) < 4.78 is 0. The van der Waals surface area contributed by atoms with Gasteiger partial charge in [0.05, 0.1) is 10.7 Å². The summed E-state index contributed by atoms with van der Waals surface area (Å²) in [6, 6.07) is 7.30. The monoisotopic (exact) mass is 332 g/mol. The number of nitrogens with one attached hydrogen (secondary N) is 1. The van der Waals surface area contributed by atoms with E-state index in [0.29, 0.717) is 12.8 Å². The maximum Gasteiger partial charge on any atom is 0.303 e. The number of thiazole rings is 1. The van der Waals surface area contributed by atoms with E-state index in [0.717, 1.165) is 34.8 Å². The van der Waals surface area contributed by atoms with Gasteiger partial charge in [-0.05, 0) is 43.9 Å². The Balaban J connectivity index is 1.73. The van der Waals surface area contributed by atoms with Gasteiger partial charge in [-0.15, -0.1) is 11.3 Å². The number of hydrogen-bond donors (Lipinski definition) is 2. The third-order valence-corrected chi connectivity index (χ3v) is 4.19. The number of aryl methyl sites for hydroxylation is 3. The zero-order valence-corrected chi connectivity index (χ0v) is 13.9. The average Bonchev–Trinajstić information content (AvgIpc) is 2.92. The first-order chi connectivity index (χ1) is 11.0. The summed E-state index contributed by atoms with van der Waals surface area (Å²) in [5.74, 6) is -0.826. The van der Waals surface area contributed by atoms with Crippen LogP contribution in [0.2, 0.25) is 0 Å². The fraction of sp³-hybridized carbons (Fsp3) is 0.353. The molecule has 0 saturated heterocycles. The van der Waals surface area contributed by atoms with Crippen LogP contribution in [-0.4, -0.2) is 22.0 Å². The molecule has 6 heteroatoms. The van der Waals surface area contributed by atoms with Crippen LogP contribution in [0.1, 0.15) is 35.5 Å². The number of benzene rings is 1. The van der Waals surface area contributed by atoms with Crippen molar-refractivity contribution in [2.75, 3.05) is 5.32 Å². The van der Waals surface area contributed by atoms with E-state index in [9.17, 15) is 9.59 Å². The zero-order valence-electron chi connectivity index (χ0n) is 13.0. The van der Waals surface area contributed by atoms with Crippen molar-refractivity contribution in [1.82, 2.24) is 4.98 Å². The van der Waals surface area contributed by atoms with Gasteiger partial charge in [0.25, 0.3) is 0 Å². The van der Waals surface area contributed by atoms with E-state index in [1.807, 2.05) is 24.4 Å². The van der Waals surface area contributed by atoms with Crippen molar-refractivity contribution in [3.8, 4) is 0 Å².